The Morgan fingerprint density at radius 3 is 2.48 bits per heavy atom. The Bertz CT molecular complexity index is 313. The van der Waals surface area contributed by atoms with E-state index >= 15 is 0 Å². The van der Waals surface area contributed by atoms with Crippen LogP contribution in [-0.4, -0.2) is 38.6 Å². The third-order valence-electron chi connectivity index (χ3n) is 4.24. The van der Waals surface area contributed by atoms with Gasteiger partial charge in [0, 0.05) is 19.6 Å². The van der Waals surface area contributed by atoms with E-state index in [4.69, 9.17) is 4.74 Å². The first kappa shape index (κ1) is 18.0. The van der Waals surface area contributed by atoms with Gasteiger partial charge in [0.1, 0.15) is 0 Å². The van der Waals surface area contributed by atoms with Gasteiger partial charge in [-0.1, -0.05) is 26.2 Å². The SMILES string of the molecule is CCCCC1CCC(C(=O)NCC(=O)NCCOC)CC1. The second-order valence-electron chi connectivity index (χ2n) is 5.92. The normalized spacial score (nSPS) is 21.8. The highest BCUT2D eigenvalue weighted by molar-refractivity contribution is 5.85. The van der Waals surface area contributed by atoms with Gasteiger partial charge < -0.3 is 15.4 Å². The lowest BCUT2D eigenvalue weighted by Crippen LogP contribution is -2.41. The summed E-state index contributed by atoms with van der Waals surface area (Å²) in [5.74, 6) is 0.767. The van der Waals surface area contributed by atoms with Gasteiger partial charge in [-0.3, -0.25) is 9.59 Å². The molecule has 0 aromatic rings. The third kappa shape index (κ3) is 7.46. The zero-order valence-electron chi connectivity index (χ0n) is 13.5. The topological polar surface area (TPSA) is 67.4 Å². The van der Waals surface area contributed by atoms with Crippen molar-refractivity contribution < 1.29 is 14.3 Å². The molecule has 0 unspecified atom stereocenters. The van der Waals surface area contributed by atoms with Crippen molar-refractivity contribution in [1.29, 1.82) is 0 Å². The zero-order valence-corrected chi connectivity index (χ0v) is 13.5. The molecule has 0 atom stereocenters. The highest BCUT2D eigenvalue weighted by atomic mass is 16.5. The van der Waals surface area contributed by atoms with Crippen molar-refractivity contribution in [2.24, 2.45) is 11.8 Å². The Kier molecular flexibility index (Phi) is 9.06. The van der Waals surface area contributed by atoms with Crippen LogP contribution in [0.25, 0.3) is 0 Å². The van der Waals surface area contributed by atoms with E-state index in [1.165, 1.54) is 19.3 Å². The number of unbranched alkanes of at least 4 members (excludes halogenated alkanes) is 1. The number of hydrogen-bond donors (Lipinski definition) is 2. The predicted octanol–water partition coefficient (Wildman–Crippen LogP) is 1.86. The van der Waals surface area contributed by atoms with Crippen molar-refractivity contribution in [3.8, 4) is 0 Å². The summed E-state index contributed by atoms with van der Waals surface area (Å²) in [6.07, 6.45) is 8.07. The first-order valence-corrected chi connectivity index (χ1v) is 8.20. The molecule has 2 N–H and O–H groups in total. The average Bonchev–Trinajstić information content (AvgIpc) is 2.51. The van der Waals surface area contributed by atoms with Crippen LogP contribution in [0.2, 0.25) is 0 Å². The molecule has 0 heterocycles. The number of hydrogen-bond acceptors (Lipinski definition) is 3. The number of methoxy groups -OCH3 is 1. The quantitative estimate of drug-likeness (QED) is 0.639. The van der Waals surface area contributed by atoms with Gasteiger partial charge in [0.2, 0.25) is 11.8 Å². The van der Waals surface area contributed by atoms with Gasteiger partial charge in [0.05, 0.1) is 13.2 Å². The highest BCUT2D eigenvalue weighted by Crippen LogP contribution is 2.31. The lowest BCUT2D eigenvalue weighted by atomic mass is 9.79. The number of carbonyl (C=O) groups is 2. The van der Waals surface area contributed by atoms with Gasteiger partial charge in [0.25, 0.3) is 0 Å². The Morgan fingerprint density at radius 2 is 1.86 bits per heavy atom. The minimum atomic E-state index is -0.156. The first-order valence-electron chi connectivity index (χ1n) is 8.20. The Morgan fingerprint density at radius 1 is 1.14 bits per heavy atom. The van der Waals surface area contributed by atoms with Crippen molar-refractivity contribution in [3.05, 3.63) is 0 Å². The molecule has 0 bridgehead atoms. The summed E-state index contributed by atoms with van der Waals surface area (Å²) in [6, 6.07) is 0. The summed E-state index contributed by atoms with van der Waals surface area (Å²) in [4.78, 5) is 23.5. The fraction of sp³-hybridized carbons (Fsp3) is 0.875. The molecule has 1 saturated carbocycles. The van der Waals surface area contributed by atoms with Crippen molar-refractivity contribution in [3.63, 3.8) is 0 Å². The molecule has 1 aliphatic carbocycles. The van der Waals surface area contributed by atoms with Crippen LogP contribution in [0, 0.1) is 11.8 Å². The molecule has 122 valence electrons. The first-order chi connectivity index (χ1) is 10.2. The fourth-order valence-corrected chi connectivity index (χ4v) is 2.87. The van der Waals surface area contributed by atoms with Gasteiger partial charge >= 0.3 is 0 Å². The molecule has 5 heteroatoms. The van der Waals surface area contributed by atoms with E-state index in [0.717, 1.165) is 31.6 Å². The smallest absolute Gasteiger partial charge is 0.239 e. The third-order valence-corrected chi connectivity index (χ3v) is 4.24. The van der Waals surface area contributed by atoms with Crippen LogP contribution in [0.3, 0.4) is 0 Å². The van der Waals surface area contributed by atoms with Crippen molar-refractivity contribution in [2.45, 2.75) is 51.9 Å². The van der Waals surface area contributed by atoms with E-state index < -0.39 is 0 Å². The lowest BCUT2D eigenvalue weighted by Gasteiger charge is -2.27. The van der Waals surface area contributed by atoms with Gasteiger partial charge in [-0.15, -0.1) is 0 Å². The summed E-state index contributed by atoms with van der Waals surface area (Å²) < 4.78 is 4.85. The molecule has 5 nitrogen and oxygen atoms in total. The molecule has 0 aliphatic heterocycles. The lowest BCUT2D eigenvalue weighted by molar-refractivity contribution is -0.129. The molecule has 0 aromatic heterocycles. The molecule has 0 saturated heterocycles. The van der Waals surface area contributed by atoms with E-state index in [2.05, 4.69) is 17.6 Å². The standard InChI is InChI=1S/C16H30N2O3/c1-3-4-5-13-6-8-14(9-7-13)16(20)18-12-15(19)17-10-11-21-2/h13-14H,3-12H2,1-2H3,(H,17,19)(H,18,20). The number of carbonyl (C=O) groups excluding carboxylic acids is 2. The van der Waals surface area contributed by atoms with E-state index in [1.807, 2.05) is 0 Å². The Hall–Kier alpha value is -1.10. The molecule has 1 fully saturated rings. The Balaban J connectivity index is 2.14. The number of amides is 2. The van der Waals surface area contributed by atoms with Gasteiger partial charge in [-0.2, -0.15) is 0 Å². The van der Waals surface area contributed by atoms with Crippen LogP contribution < -0.4 is 10.6 Å². The summed E-state index contributed by atoms with van der Waals surface area (Å²) in [7, 11) is 1.59. The minimum absolute atomic E-state index is 0.0332. The molecular formula is C16H30N2O3. The number of nitrogens with one attached hydrogen (secondary N) is 2. The molecule has 1 rings (SSSR count). The molecule has 21 heavy (non-hydrogen) atoms. The summed E-state index contributed by atoms with van der Waals surface area (Å²) in [5, 5.41) is 5.44. The van der Waals surface area contributed by atoms with E-state index in [0.29, 0.717) is 13.2 Å². The van der Waals surface area contributed by atoms with E-state index in [1.54, 1.807) is 7.11 Å². The van der Waals surface area contributed by atoms with E-state index in [-0.39, 0.29) is 24.3 Å². The number of rotatable bonds is 9. The highest BCUT2D eigenvalue weighted by Gasteiger charge is 2.25. The second-order valence-corrected chi connectivity index (χ2v) is 5.92. The van der Waals surface area contributed by atoms with Crippen LogP contribution in [0.1, 0.15) is 51.9 Å². The summed E-state index contributed by atoms with van der Waals surface area (Å²) in [6.45, 7) is 3.25. The fourth-order valence-electron chi connectivity index (χ4n) is 2.87. The zero-order chi connectivity index (χ0) is 15.5. The maximum Gasteiger partial charge on any atom is 0.239 e. The summed E-state index contributed by atoms with van der Waals surface area (Å²) in [5.41, 5.74) is 0. The molecule has 2 amide bonds. The van der Waals surface area contributed by atoms with Crippen LogP contribution in [-0.2, 0) is 14.3 Å². The molecular weight excluding hydrogens is 268 g/mol. The van der Waals surface area contributed by atoms with Crippen LogP contribution in [0.4, 0.5) is 0 Å². The second kappa shape index (κ2) is 10.6. The van der Waals surface area contributed by atoms with E-state index in [9.17, 15) is 9.59 Å². The molecule has 0 spiro atoms. The van der Waals surface area contributed by atoms with Gasteiger partial charge in [-0.05, 0) is 31.6 Å². The summed E-state index contributed by atoms with van der Waals surface area (Å²) >= 11 is 0. The molecule has 1 aliphatic rings. The largest absolute Gasteiger partial charge is 0.383 e. The van der Waals surface area contributed by atoms with Gasteiger partial charge in [0.15, 0.2) is 0 Å². The minimum Gasteiger partial charge on any atom is -0.383 e. The van der Waals surface area contributed by atoms with Crippen LogP contribution in [0.15, 0.2) is 0 Å². The van der Waals surface area contributed by atoms with Crippen LogP contribution >= 0.6 is 0 Å². The van der Waals surface area contributed by atoms with Crippen molar-refractivity contribution >= 4 is 11.8 Å². The van der Waals surface area contributed by atoms with Crippen molar-refractivity contribution in [1.82, 2.24) is 10.6 Å². The predicted molar refractivity (Wildman–Crippen MR) is 82.9 cm³/mol. The molecule has 0 aromatic carbocycles. The average molecular weight is 298 g/mol. The van der Waals surface area contributed by atoms with Crippen LogP contribution in [0.5, 0.6) is 0 Å². The van der Waals surface area contributed by atoms with Gasteiger partial charge in [-0.25, -0.2) is 0 Å². The number of ether oxygens (including phenoxy) is 1. The monoisotopic (exact) mass is 298 g/mol. The Labute approximate surface area is 128 Å². The molecule has 0 radical (unpaired) electrons. The maximum absolute atomic E-state index is 12.0. The van der Waals surface area contributed by atoms with Crippen molar-refractivity contribution in [2.75, 3.05) is 26.8 Å². The maximum atomic E-state index is 12.0.